The lowest BCUT2D eigenvalue weighted by molar-refractivity contribution is -0.146. The number of hydrogen-bond donors (Lipinski definition) is 0. The number of carbonyl (C=O) groups excluding carboxylic acids is 1. The second kappa shape index (κ2) is 6.55. The molecular weight excluding hydrogens is 281 g/mol. The summed E-state index contributed by atoms with van der Waals surface area (Å²) in [5, 5.41) is 0. The smallest absolute Gasteiger partial charge is 0.316 e. The van der Waals surface area contributed by atoms with Crippen molar-refractivity contribution in [2.45, 2.75) is 18.8 Å². The van der Waals surface area contributed by atoms with Crippen molar-refractivity contribution < 1.29 is 13.9 Å². The molecule has 0 bridgehead atoms. The lowest BCUT2D eigenvalue weighted by atomic mass is 9.93. The summed E-state index contributed by atoms with van der Waals surface area (Å²) in [7, 11) is 3.97. The minimum absolute atomic E-state index is 0. The molecule has 0 saturated heterocycles. The number of rotatable bonds is 5. The largest absolute Gasteiger partial charge is 0.465 e. The molecule has 0 aliphatic heterocycles. The number of carbonyl (C=O) groups is 1. The molecule has 1 unspecified atom stereocenters. The molecule has 112 valence electrons. The number of hydrogen-bond acceptors (Lipinski definition) is 3. The number of nitrogens with zero attached hydrogens (tertiary/aromatic N) is 1. The van der Waals surface area contributed by atoms with Crippen LogP contribution in [0.3, 0.4) is 0 Å². The van der Waals surface area contributed by atoms with Crippen molar-refractivity contribution in [3.05, 3.63) is 35.6 Å². The SMILES string of the molecule is CCOC(=O)[C@@]1(c2ccc(F)cc2)CC1CN(C)C.Cl. The van der Waals surface area contributed by atoms with Gasteiger partial charge in [0, 0.05) is 6.54 Å². The van der Waals surface area contributed by atoms with E-state index in [0.29, 0.717) is 6.61 Å². The average molecular weight is 302 g/mol. The summed E-state index contributed by atoms with van der Waals surface area (Å²) in [6.07, 6.45) is 0.773. The van der Waals surface area contributed by atoms with Crippen LogP contribution in [0, 0.1) is 11.7 Å². The zero-order valence-corrected chi connectivity index (χ0v) is 12.9. The summed E-state index contributed by atoms with van der Waals surface area (Å²) in [5.41, 5.74) is 0.285. The van der Waals surface area contributed by atoms with E-state index < -0.39 is 5.41 Å². The fourth-order valence-electron chi connectivity index (χ4n) is 2.72. The predicted molar refractivity (Wildman–Crippen MR) is 78.6 cm³/mol. The average Bonchev–Trinajstić information content (AvgIpc) is 3.04. The van der Waals surface area contributed by atoms with E-state index in [1.165, 1.54) is 12.1 Å². The van der Waals surface area contributed by atoms with Crippen molar-refractivity contribution in [1.29, 1.82) is 0 Å². The zero-order valence-electron chi connectivity index (χ0n) is 12.1. The molecule has 0 aromatic heterocycles. The summed E-state index contributed by atoms with van der Waals surface area (Å²) in [6, 6.07) is 6.20. The van der Waals surface area contributed by atoms with Gasteiger partial charge >= 0.3 is 5.97 Å². The molecule has 1 aromatic carbocycles. The van der Waals surface area contributed by atoms with Gasteiger partial charge in [-0.25, -0.2) is 4.39 Å². The Morgan fingerprint density at radius 2 is 2.00 bits per heavy atom. The normalized spacial score (nSPS) is 24.1. The first kappa shape index (κ1) is 16.9. The quantitative estimate of drug-likeness (QED) is 0.783. The van der Waals surface area contributed by atoms with Gasteiger partial charge in [0.2, 0.25) is 0 Å². The minimum Gasteiger partial charge on any atom is -0.465 e. The van der Waals surface area contributed by atoms with E-state index >= 15 is 0 Å². The molecule has 1 saturated carbocycles. The van der Waals surface area contributed by atoms with E-state index in [2.05, 4.69) is 4.90 Å². The number of halogens is 2. The van der Waals surface area contributed by atoms with Gasteiger partial charge in [0.1, 0.15) is 5.82 Å². The first-order valence-corrected chi connectivity index (χ1v) is 6.58. The third-order valence-electron chi connectivity index (χ3n) is 3.69. The third-order valence-corrected chi connectivity index (χ3v) is 3.69. The van der Waals surface area contributed by atoms with E-state index in [9.17, 15) is 9.18 Å². The summed E-state index contributed by atoms with van der Waals surface area (Å²) in [5.74, 6) is -0.229. The van der Waals surface area contributed by atoms with Crippen LogP contribution in [0.15, 0.2) is 24.3 Å². The fourth-order valence-corrected chi connectivity index (χ4v) is 2.72. The molecule has 0 heterocycles. The Bertz CT molecular complexity index is 463. The van der Waals surface area contributed by atoms with Crippen molar-refractivity contribution in [2.24, 2.45) is 5.92 Å². The topological polar surface area (TPSA) is 29.5 Å². The highest BCUT2D eigenvalue weighted by Crippen LogP contribution is 2.55. The Balaban J connectivity index is 0.00000200. The first-order chi connectivity index (χ1) is 9.00. The Morgan fingerprint density at radius 3 is 2.50 bits per heavy atom. The van der Waals surface area contributed by atoms with Crippen LogP contribution in [0.5, 0.6) is 0 Å². The van der Waals surface area contributed by atoms with Crippen LogP contribution in [0.1, 0.15) is 18.9 Å². The molecule has 5 heteroatoms. The van der Waals surface area contributed by atoms with Crippen LogP contribution in [0.2, 0.25) is 0 Å². The van der Waals surface area contributed by atoms with Crippen LogP contribution < -0.4 is 0 Å². The molecule has 1 aliphatic carbocycles. The van der Waals surface area contributed by atoms with Crippen LogP contribution in [-0.2, 0) is 14.9 Å². The van der Waals surface area contributed by atoms with Crippen molar-refractivity contribution in [2.75, 3.05) is 27.2 Å². The van der Waals surface area contributed by atoms with Gasteiger partial charge in [-0.3, -0.25) is 4.79 Å². The van der Waals surface area contributed by atoms with Crippen molar-refractivity contribution in [3.8, 4) is 0 Å². The maximum absolute atomic E-state index is 13.0. The van der Waals surface area contributed by atoms with Crippen LogP contribution >= 0.6 is 12.4 Å². The van der Waals surface area contributed by atoms with Gasteiger partial charge in [0.15, 0.2) is 0 Å². The second-order valence-electron chi connectivity index (χ2n) is 5.36. The van der Waals surface area contributed by atoms with Gasteiger partial charge in [-0.15, -0.1) is 12.4 Å². The minimum atomic E-state index is -0.575. The van der Waals surface area contributed by atoms with Crippen LogP contribution in [0.25, 0.3) is 0 Å². The van der Waals surface area contributed by atoms with Gasteiger partial charge in [0.25, 0.3) is 0 Å². The number of esters is 1. The summed E-state index contributed by atoms with van der Waals surface area (Å²) in [6.45, 7) is 3.01. The summed E-state index contributed by atoms with van der Waals surface area (Å²) < 4.78 is 18.2. The van der Waals surface area contributed by atoms with Crippen molar-refractivity contribution in [3.63, 3.8) is 0 Å². The van der Waals surface area contributed by atoms with E-state index in [1.807, 2.05) is 14.1 Å². The molecule has 1 fully saturated rings. The molecule has 2 atom stereocenters. The van der Waals surface area contributed by atoms with Crippen molar-refractivity contribution >= 4 is 18.4 Å². The Kier molecular flexibility index (Phi) is 5.54. The first-order valence-electron chi connectivity index (χ1n) is 6.58. The van der Waals surface area contributed by atoms with Gasteiger partial charge in [-0.2, -0.15) is 0 Å². The third kappa shape index (κ3) is 3.13. The molecule has 3 nitrogen and oxygen atoms in total. The Labute approximate surface area is 125 Å². The predicted octanol–water partition coefficient (Wildman–Crippen LogP) is 2.63. The van der Waals surface area contributed by atoms with E-state index in [0.717, 1.165) is 18.5 Å². The molecule has 2 rings (SSSR count). The van der Waals surface area contributed by atoms with Crippen molar-refractivity contribution in [1.82, 2.24) is 4.90 Å². The van der Waals surface area contributed by atoms with E-state index in [4.69, 9.17) is 4.74 Å². The highest BCUT2D eigenvalue weighted by Gasteiger charge is 2.62. The van der Waals surface area contributed by atoms with Gasteiger partial charge in [-0.05, 0) is 51.1 Å². The van der Waals surface area contributed by atoms with Crippen LogP contribution in [-0.4, -0.2) is 38.1 Å². The summed E-state index contributed by atoms with van der Waals surface area (Å²) >= 11 is 0. The molecule has 0 amide bonds. The Hall–Kier alpha value is -1.13. The molecule has 1 aliphatic rings. The van der Waals surface area contributed by atoms with E-state index in [1.54, 1.807) is 19.1 Å². The number of benzene rings is 1. The van der Waals surface area contributed by atoms with Gasteiger partial charge in [0.05, 0.1) is 12.0 Å². The van der Waals surface area contributed by atoms with Gasteiger partial charge < -0.3 is 9.64 Å². The molecular formula is C15H21ClFNO2. The highest BCUT2D eigenvalue weighted by atomic mass is 35.5. The molecule has 0 N–H and O–H groups in total. The monoisotopic (exact) mass is 301 g/mol. The maximum Gasteiger partial charge on any atom is 0.316 e. The molecule has 0 radical (unpaired) electrons. The lowest BCUT2D eigenvalue weighted by Gasteiger charge is -2.18. The summed E-state index contributed by atoms with van der Waals surface area (Å²) in [4.78, 5) is 14.3. The molecule has 0 spiro atoms. The Morgan fingerprint density at radius 1 is 1.40 bits per heavy atom. The standard InChI is InChI=1S/C15H20FNO2.ClH/c1-4-19-14(18)15(9-12(15)10-17(2)3)11-5-7-13(16)8-6-11;/h5-8,12H,4,9-10H2,1-3H3;1H/t12?,15-;/m1./s1. The molecule has 20 heavy (non-hydrogen) atoms. The second-order valence-corrected chi connectivity index (χ2v) is 5.36. The maximum atomic E-state index is 13.0. The highest BCUT2D eigenvalue weighted by molar-refractivity contribution is 5.87. The zero-order chi connectivity index (χ0) is 14.0. The number of ether oxygens (including phenoxy) is 1. The van der Waals surface area contributed by atoms with Crippen LogP contribution in [0.4, 0.5) is 4.39 Å². The van der Waals surface area contributed by atoms with Gasteiger partial charge in [-0.1, -0.05) is 12.1 Å². The van der Waals surface area contributed by atoms with E-state index in [-0.39, 0.29) is 30.1 Å². The molecule has 1 aromatic rings. The lowest BCUT2D eigenvalue weighted by Crippen LogP contribution is -2.29. The fraction of sp³-hybridized carbons (Fsp3) is 0.533.